The molecule has 7 heteroatoms. The van der Waals surface area contributed by atoms with Crippen molar-refractivity contribution in [1.82, 2.24) is 14.8 Å². The van der Waals surface area contributed by atoms with Gasteiger partial charge in [0.05, 0.1) is 6.42 Å². The minimum atomic E-state index is -0.376. The standard InChI is InChI=1S/C20H22ClN3O3/c1-2-14-11-17(19(26)22-13-14)20(27)24-9-7-23(8-10-24)18(25)12-15-3-5-16(21)6-4-15/h3-6,11,13H,2,7-10,12H2,1H3,(H,22,26). The lowest BCUT2D eigenvalue weighted by atomic mass is 10.1. The number of hydrogen-bond acceptors (Lipinski definition) is 3. The highest BCUT2D eigenvalue weighted by Gasteiger charge is 2.26. The lowest BCUT2D eigenvalue weighted by Crippen LogP contribution is -2.51. The van der Waals surface area contributed by atoms with Crippen molar-refractivity contribution >= 4 is 23.4 Å². The zero-order valence-electron chi connectivity index (χ0n) is 15.2. The quantitative estimate of drug-likeness (QED) is 0.873. The molecular formula is C20H22ClN3O3. The summed E-state index contributed by atoms with van der Waals surface area (Å²) in [7, 11) is 0. The van der Waals surface area contributed by atoms with Gasteiger partial charge in [0.2, 0.25) is 5.91 Å². The van der Waals surface area contributed by atoms with Gasteiger partial charge in [-0.1, -0.05) is 30.7 Å². The summed E-state index contributed by atoms with van der Waals surface area (Å²) in [6.45, 7) is 3.72. The lowest BCUT2D eigenvalue weighted by Gasteiger charge is -2.34. The van der Waals surface area contributed by atoms with Crippen LogP contribution in [0.3, 0.4) is 0 Å². The molecule has 1 aromatic heterocycles. The molecule has 1 aliphatic rings. The summed E-state index contributed by atoms with van der Waals surface area (Å²) < 4.78 is 0. The molecule has 0 aliphatic carbocycles. The molecule has 0 unspecified atom stereocenters. The molecule has 1 fully saturated rings. The molecule has 0 atom stereocenters. The summed E-state index contributed by atoms with van der Waals surface area (Å²) in [5.41, 5.74) is 1.61. The average molecular weight is 388 g/mol. The van der Waals surface area contributed by atoms with Crippen molar-refractivity contribution in [2.75, 3.05) is 26.2 Å². The van der Waals surface area contributed by atoms with Crippen LogP contribution in [-0.4, -0.2) is 52.8 Å². The Morgan fingerprint density at radius 3 is 2.30 bits per heavy atom. The van der Waals surface area contributed by atoms with Crippen molar-refractivity contribution in [2.24, 2.45) is 0 Å². The number of H-pyrrole nitrogens is 1. The number of carbonyl (C=O) groups excluding carboxylic acids is 2. The van der Waals surface area contributed by atoms with E-state index in [-0.39, 0.29) is 22.9 Å². The second kappa shape index (κ2) is 8.39. The summed E-state index contributed by atoms with van der Waals surface area (Å²) >= 11 is 5.87. The van der Waals surface area contributed by atoms with E-state index in [1.807, 2.05) is 19.1 Å². The second-order valence-corrected chi connectivity index (χ2v) is 7.02. The maximum absolute atomic E-state index is 12.7. The topological polar surface area (TPSA) is 73.5 Å². The maximum atomic E-state index is 12.7. The Labute approximate surface area is 162 Å². The van der Waals surface area contributed by atoms with Gasteiger partial charge in [0, 0.05) is 37.4 Å². The first-order chi connectivity index (χ1) is 13.0. The monoisotopic (exact) mass is 387 g/mol. The maximum Gasteiger partial charge on any atom is 0.260 e. The summed E-state index contributed by atoms with van der Waals surface area (Å²) in [4.78, 5) is 43.2. The van der Waals surface area contributed by atoms with E-state index in [0.29, 0.717) is 37.6 Å². The molecular weight excluding hydrogens is 366 g/mol. The largest absolute Gasteiger partial charge is 0.339 e. The number of aromatic amines is 1. The van der Waals surface area contributed by atoms with Gasteiger partial charge in [0.25, 0.3) is 11.5 Å². The minimum Gasteiger partial charge on any atom is -0.339 e. The summed E-state index contributed by atoms with van der Waals surface area (Å²) in [5.74, 6) is -0.258. The zero-order valence-corrected chi connectivity index (χ0v) is 16.0. The second-order valence-electron chi connectivity index (χ2n) is 6.58. The number of rotatable bonds is 4. The Balaban J connectivity index is 1.59. The number of piperazine rings is 1. The predicted molar refractivity (Wildman–Crippen MR) is 104 cm³/mol. The number of carbonyl (C=O) groups is 2. The number of aryl methyl sites for hydroxylation is 1. The minimum absolute atomic E-state index is 0.0234. The highest BCUT2D eigenvalue weighted by Crippen LogP contribution is 2.13. The fraction of sp³-hybridized carbons (Fsp3) is 0.350. The van der Waals surface area contributed by atoms with Crippen molar-refractivity contribution in [3.63, 3.8) is 0 Å². The van der Waals surface area contributed by atoms with Gasteiger partial charge >= 0.3 is 0 Å². The number of amides is 2. The number of aromatic nitrogens is 1. The molecule has 0 saturated carbocycles. The van der Waals surface area contributed by atoms with Crippen LogP contribution < -0.4 is 5.56 Å². The van der Waals surface area contributed by atoms with Gasteiger partial charge in [-0.25, -0.2) is 0 Å². The Kier molecular flexibility index (Phi) is 5.96. The number of benzene rings is 1. The number of nitrogens with one attached hydrogen (secondary N) is 1. The van der Waals surface area contributed by atoms with Crippen LogP contribution in [0.4, 0.5) is 0 Å². The molecule has 0 radical (unpaired) electrons. The van der Waals surface area contributed by atoms with Gasteiger partial charge < -0.3 is 14.8 Å². The van der Waals surface area contributed by atoms with Crippen molar-refractivity contribution in [1.29, 1.82) is 0 Å². The summed E-state index contributed by atoms with van der Waals surface area (Å²) in [6.07, 6.45) is 2.68. The van der Waals surface area contributed by atoms with Gasteiger partial charge in [-0.2, -0.15) is 0 Å². The molecule has 2 aromatic rings. The Morgan fingerprint density at radius 2 is 1.67 bits per heavy atom. The van der Waals surface area contributed by atoms with Crippen LogP contribution in [0.15, 0.2) is 41.3 Å². The molecule has 0 bridgehead atoms. The van der Waals surface area contributed by atoms with Crippen LogP contribution in [0.1, 0.15) is 28.4 Å². The van der Waals surface area contributed by atoms with E-state index in [1.54, 1.807) is 34.2 Å². The van der Waals surface area contributed by atoms with Crippen LogP contribution in [0.2, 0.25) is 5.02 Å². The van der Waals surface area contributed by atoms with E-state index < -0.39 is 0 Å². The van der Waals surface area contributed by atoms with Gasteiger partial charge in [0.15, 0.2) is 0 Å². The smallest absolute Gasteiger partial charge is 0.260 e. The molecule has 3 rings (SSSR count). The van der Waals surface area contributed by atoms with E-state index in [0.717, 1.165) is 17.5 Å². The first kappa shape index (κ1) is 19.2. The van der Waals surface area contributed by atoms with Crippen LogP contribution in [0.25, 0.3) is 0 Å². The van der Waals surface area contributed by atoms with Crippen LogP contribution >= 0.6 is 11.6 Å². The van der Waals surface area contributed by atoms with Crippen molar-refractivity contribution < 1.29 is 9.59 Å². The van der Waals surface area contributed by atoms with E-state index in [9.17, 15) is 14.4 Å². The fourth-order valence-electron chi connectivity index (χ4n) is 3.11. The van der Waals surface area contributed by atoms with Crippen LogP contribution in [-0.2, 0) is 17.6 Å². The van der Waals surface area contributed by atoms with E-state index in [1.165, 1.54) is 0 Å². The molecule has 142 valence electrons. The molecule has 0 spiro atoms. The molecule has 1 saturated heterocycles. The Morgan fingerprint density at radius 1 is 1.04 bits per heavy atom. The van der Waals surface area contributed by atoms with Crippen molar-refractivity contribution in [3.05, 3.63) is 68.6 Å². The Bertz CT molecular complexity index is 884. The number of halogens is 1. The average Bonchev–Trinajstić information content (AvgIpc) is 2.69. The molecule has 1 aliphatic heterocycles. The Hall–Kier alpha value is -2.60. The van der Waals surface area contributed by atoms with Gasteiger partial charge in [-0.15, -0.1) is 0 Å². The van der Waals surface area contributed by atoms with Gasteiger partial charge in [-0.05, 0) is 35.7 Å². The molecule has 1 aromatic carbocycles. The third-order valence-corrected chi connectivity index (χ3v) is 5.04. The third kappa shape index (κ3) is 4.57. The lowest BCUT2D eigenvalue weighted by molar-refractivity contribution is -0.131. The molecule has 1 N–H and O–H groups in total. The molecule has 27 heavy (non-hydrogen) atoms. The number of hydrogen-bond donors (Lipinski definition) is 1. The fourth-order valence-corrected chi connectivity index (χ4v) is 3.24. The number of nitrogens with zero attached hydrogens (tertiary/aromatic N) is 2. The number of pyridine rings is 1. The first-order valence-corrected chi connectivity index (χ1v) is 9.39. The predicted octanol–water partition coefficient (Wildman–Crippen LogP) is 2.12. The van der Waals surface area contributed by atoms with Crippen molar-refractivity contribution in [3.8, 4) is 0 Å². The zero-order chi connectivity index (χ0) is 19.4. The van der Waals surface area contributed by atoms with Crippen LogP contribution in [0, 0.1) is 0 Å². The first-order valence-electron chi connectivity index (χ1n) is 9.01. The normalized spacial score (nSPS) is 14.3. The SMILES string of the molecule is CCc1c[nH]c(=O)c(C(=O)N2CCN(C(=O)Cc3ccc(Cl)cc3)CC2)c1. The van der Waals surface area contributed by atoms with Gasteiger partial charge in [-0.3, -0.25) is 14.4 Å². The summed E-state index contributed by atoms with van der Waals surface area (Å²) in [5, 5.41) is 0.639. The van der Waals surface area contributed by atoms with Gasteiger partial charge in [0.1, 0.15) is 5.56 Å². The van der Waals surface area contributed by atoms with E-state index in [2.05, 4.69) is 4.98 Å². The highest BCUT2D eigenvalue weighted by atomic mass is 35.5. The van der Waals surface area contributed by atoms with E-state index in [4.69, 9.17) is 11.6 Å². The highest BCUT2D eigenvalue weighted by molar-refractivity contribution is 6.30. The summed E-state index contributed by atoms with van der Waals surface area (Å²) in [6, 6.07) is 8.87. The van der Waals surface area contributed by atoms with Crippen LogP contribution in [0.5, 0.6) is 0 Å². The third-order valence-electron chi connectivity index (χ3n) is 4.79. The molecule has 2 heterocycles. The molecule has 2 amide bonds. The molecule has 6 nitrogen and oxygen atoms in total. The van der Waals surface area contributed by atoms with E-state index >= 15 is 0 Å². The van der Waals surface area contributed by atoms with Crippen molar-refractivity contribution in [2.45, 2.75) is 19.8 Å².